The van der Waals surface area contributed by atoms with Gasteiger partial charge in [0.05, 0.1) is 6.04 Å². The minimum absolute atomic E-state index is 0. The number of benzene rings is 1. The van der Waals surface area contributed by atoms with Gasteiger partial charge in [-0.3, -0.25) is 14.9 Å². The second-order valence-electron chi connectivity index (χ2n) is 5.22. The molecule has 3 amide bonds. The van der Waals surface area contributed by atoms with Gasteiger partial charge in [-0.15, -0.1) is 12.4 Å². The van der Waals surface area contributed by atoms with Crippen LogP contribution in [0.3, 0.4) is 0 Å². The quantitative estimate of drug-likeness (QED) is 0.464. The van der Waals surface area contributed by atoms with Gasteiger partial charge in [-0.2, -0.15) is 0 Å². The van der Waals surface area contributed by atoms with Crippen LogP contribution < -0.4 is 22.1 Å². The van der Waals surface area contributed by atoms with E-state index in [4.69, 9.17) is 16.2 Å². The number of nitrogens with two attached hydrogens (primary N) is 2. The lowest BCUT2D eigenvalue weighted by molar-refractivity contribution is -0.130. The standard InChI is InChI=1S/C16H24N4O4.ClH/c17-9-5-4-8-13(18)15(22)20-14(21)10-19-16(23)24-11-12-6-2-1-3-7-12;/h1-3,6-7,13H,4-5,8-11,17-18H2,(H,19,23)(H,20,21,22);1H/t13-;/m0./s1. The first-order valence-electron chi connectivity index (χ1n) is 7.77. The third kappa shape index (κ3) is 10.3. The molecule has 0 unspecified atom stereocenters. The predicted molar refractivity (Wildman–Crippen MR) is 95.9 cm³/mol. The maximum absolute atomic E-state index is 11.7. The molecule has 140 valence electrons. The molecule has 25 heavy (non-hydrogen) atoms. The Bertz CT molecular complexity index is 542. The largest absolute Gasteiger partial charge is 0.445 e. The van der Waals surface area contributed by atoms with Crippen LogP contribution in [0.2, 0.25) is 0 Å². The zero-order chi connectivity index (χ0) is 17.8. The summed E-state index contributed by atoms with van der Waals surface area (Å²) >= 11 is 0. The SMILES string of the molecule is Cl.NCCCC[C@H](N)C(=O)NC(=O)CNC(=O)OCc1ccccc1. The van der Waals surface area contributed by atoms with Gasteiger partial charge < -0.3 is 21.5 Å². The Morgan fingerprint density at radius 2 is 1.80 bits per heavy atom. The van der Waals surface area contributed by atoms with Crippen molar-refractivity contribution in [3.05, 3.63) is 35.9 Å². The van der Waals surface area contributed by atoms with E-state index in [2.05, 4.69) is 10.6 Å². The van der Waals surface area contributed by atoms with Crippen molar-refractivity contribution in [1.82, 2.24) is 10.6 Å². The number of unbranched alkanes of at least 4 members (excludes halogenated alkanes) is 1. The predicted octanol–water partition coefficient (Wildman–Crippen LogP) is 0.434. The van der Waals surface area contributed by atoms with E-state index in [-0.39, 0.29) is 25.6 Å². The van der Waals surface area contributed by atoms with Crippen molar-refractivity contribution < 1.29 is 19.1 Å². The van der Waals surface area contributed by atoms with Crippen LogP contribution >= 0.6 is 12.4 Å². The third-order valence-electron chi connectivity index (χ3n) is 3.17. The summed E-state index contributed by atoms with van der Waals surface area (Å²) in [5.41, 5.74) is 11.8. The van der Waals surface area contributed by atoms with E-state index in [1.165, 1.54) is 0 Å². The van der Waals surface area contributed by atoms with E-state index >= 15 is 0 Å². The molecule has 0 aliphatic carbocycles. The minimum Gasteiger partial charge on any atom is -0.445 e. The second-order valence-corrected chi connectivity index (χ2v) is 5.22. The van der Waals surface area contributed by atoms with E-state index in [0.29, 0.717) is 19.4 Å². The number of amides is 3. The van der Waals surface area contributed by atoms with Crippen molar-refractivity contribution >= 4 is 30.3 Å². The minimum atomic E-state index is -0.773. The molecule has 0 bridgehead atoms. The number of nitrogens with one attached hydrogen (secondary N) is 2. The maximum Gasteiger partial charge on any atom is 0.407 e. The average Bonchev–Trinajstić information content (AvgIpc) is 2.59. The molecule has 1 atom stereocenters. The number of rotatable bonds is 9. The molecule has 0 radical (unpaired) electrons. The van der Waals surface area contributed by atoms with Gasteiger partial charge in [-0.1, -0.05) is 36.8 Å². The third-order valence-corrected chi connectivity index (χ3v) is 3.17. The van der Waals surface area contributed by atoms with Crippen LogP contribution in [0.5, 0.6) is 0 Å². The van der Waals surface area contributed by atoms with Crippen molar-refractivity contribution in [2.24, 2.45) is 11.5 Å². The van der Waals surface area contributed by atoms with Crippen molar-refractivity contribution in [2.45, 2.75) is 31.9 Å². The van der Waals surface area contributed by atoms with Gasteiger partial charge in [0, 0.05) is 0 Å². The molecule has 8 nitrogen and oxygen atoms in total. The lowest BCUT2D eigenvalue weighted by Crippen LogP contribution is -2.46. The van der Waals surface area contributed by atoms with Crippen molar-refractivity contribution in [3.63, 3.8) is 0 Å². The molecule has 1 aromatic rings. The van der Waals surface area contributed by atoms with Crippen molar-refractivity contribution in [2.75, 3.05) is 13.1 Å². The second kappa shape index (κ2) is 13.2. The highest BCUT2D eigenvalue weighted by molar-refractivity contribution is 5.99. The highest BCUT2D eigenvalue weighted by Crippen LogP contribution is 2.00. The lowest BCUT2D eigenvalue weighted by Gasteiger charge is -2.11. The van der Waals surface area contributed by atoms with Gasteiger partial charge in [0.1, 0.15) is 13.2 Å². The zero-order valence-corrected chi connectivity index (χ0v) is 14.7. The van der Waals surface area contributed by atoms with E-state index in [0.717, 1.165) is 12.0 Å². The average molecular weight is 373 g/mol. The maximum atomic E-state index is 11.7. The normalized spacial score (nSPS) is 11.0. The fourth-order valence-corrected chi connectivity index (χ4v) is 1.84. The van der Waals surface area contributed by atoms with Crippen LogP contribution in [0, 0.1) is 0 Å². The summed E-state index contributed by atoms with van der Waals surface area (Å²) in [7, 11) is 0. The molecule has 0 aromatic heterocycles. The molecule has 0 spiro atoms. The van der Waals surface area contributed by atoms with E-state index in [1.54, 1.807) is 0 Å². The number of alkyl carbamates (subject to hydrolysis) is 1. The molecule has 1 aromatic carbocycles. The number of carbonyl (C=O) groups is 3. The molecule has 0 aliphatic rings. The lowest BCUT2D eigenvalue weighted by atomic mass is 10.1. The molecule has 6 N–H and O–H groups in total. The Labute approximate surface area is 153 Å². The number of ether oxygens (including phenoxy) is 1. The highest BCUT2D eigenvalue weighted by atomic mass is 35.5. The van der Waals surface area contributed by atoms with Gasteiger partial charge in [0.25, 0.3) is 0 Å². The summed E-state index contributed by atoms with van der Waals surface area (Å²) in [6.45, 7) is 0.260. The molecule has 0 fully saturated rings. The molecule has 0 heterocycles. The molecular formula is C16H25ClN4O4. The van der Waals surface area contributed by atoms with Gasteiger partial charge in [-0.25, -0.2) is 4.79 Å². The Morgan fingerprint density at radius 3 is 2.44 bits per heavy atom. The molecular weight excluding hydrogens is 348 g/mol. The summed E-state index contributed by atoms with van der Waals surface area (Å²) in [5, 5.41) is 4.40. The van der Waals surface area contributed by atoms with Gasteiger partial charge in [0.2, 0.25) is 11.8 Å². The topological polar surface area (TPSA) is 137 Å². The monoisotopic (exact) mass is 372 g/mol. The van der Waals surface area contributed by atoms with Crippen LogP contribution in [0.25, 0.3) is 0 Å². The molecule has 0 saturated carbocycles. The highest BCUT2D eigenvalue weighted by Gasteiger charge is 2.16. The van der Waals surface area contributed by atoms with Crippen LogP contribution in [-0.2, 0) is 20.9 Å². The van der Waals surface area contributed by atoms with Crippen LogP contribution in [0.1, 0.15) is 24.8 Å². The van der Waals surface area contributed by atoms with E-state index < -0.39 is 23.9 Å². The Morgan fingerprint density at radius 1 is 1.12 bits per heavy atom. The molecule has 9 heteroatoms. The smallest absolute Gasteiger partial charge is 0.407 e. The number of hydrogen-bond donors (Lipinski definition) is 4. The molecule has 0 aliphatic heterocycles. The van der Waals surface area contributed by atoms with Crippen molar-refractivity contribution in [1.29, 1.82) is 0 Å². The van der Waals surface area contributed by atoms with Gasteiger partial charge in [-0.05, 0) is 24.9 Å². The number of halogens is 1. The van der Waals surface area contributed by atoms with Crippen LogP contribution in [0.15, 0.2) is 30.3 Å². The number of hydrogen-bond acceptors (Lipinski definition) is 6. The van der Waals surface area contributed by atoms with Crippen LogP contribution in [0.4, 0.5) is 4.79 Å². The van der Waals surface area contributed by atoms with Gasteiger partial charge in [0.15, 0.2) is 0 Å². The summed E-state index contributed by atoms with van der Waals surface area (Å²) in [6.07, 6.45) is 1.18. The summed E-state index contributed by atoms with van der Waals surface area (Å²) in [5.74, 6) is -1.22. The van der Waals surface area contributed by atoms with Gasteiger partial charge >= 0.3 is 6.09 Å². The summed E-state index contributed by atoms with van der Waals surface area (Å²) in [6, 6.07) is 8.35. The number of carbonyl (C=O) groups excluding carboxylic acids is 3. The van der Waals surface area contributed by atoms with Crippen LogP contribution in [-0.4, -0.2) is 37.0 Å². The zero-order valence-electron chi connectivity index (χ0n) is 13.9. The number of imide groups is 1. The fraction of sp³-hybridized carbons (Fsp3) is 0.438. The summed E-state index contributed by atoms with van der Waals surface area (Å²) in [4.78, 5) is 34.7. The Kier molecular flexibility index (Phi) is 12.0. The Balaban J connectivity index is 0.00000576. The van der Waals surface area contributed by atoms with E-state index in [1.807, 2.05) is 30.3 Å². The summed E-state index contributed by atoms with van der Waals surface area (Å²) < 4.78 is 4.94. The first-order chi connectivity index (χ1) is 11.5. The fourth-order valence-electron chi connectivity index (χ4n) is 1.84. The van der Waals surface area contributed by atoms with Crippen molar-refractivity contribution in [3.8, 4) is 0 Å². The Hall–Kier alpha value is -2.16. The van der Waals surface area contributed by atoms with E-state index in [9.17, 15) is 14.4 Å². The molecule has 0 saturated heterocycles. The molecule has 1 rings (SSSR count). The first-order valence-corrected chi connectivity index (χ1v) is 7.77. The first kappa shape index (κ1) is 22.8.